The summed E-state index contributed by atoms with van der Waals surface area (Å²) in [6.45, 7) is 1.01. The molecule has 21 heavy (non-hydrogen) atoms. The lowest BCUT2D eigenvalue weighted by Crippen LogP contribution is -2.25. The van der Waals surface area contributed by atoms with Gasteiger partial charge in [0.2, 0.25) is 0 Å². The smallest absolute Gasteiger partial charge is 0.138 e. The molecule has 0 fully saturated rings. The van der Waals surface area contributed by atoms with Crippen molar-refractivity contribution in [3.05, 3.63) is 51.6 Å². The number of hydrogen-bond acceptors (Lipinski definition) is 4. The number of nitriles is 1. The molecule has 0 radical (unpaired) electrons. The van der Waals surface area contributed by atoms with Gasteiger partial charge in [-0.1, -0.05) is 6.07 Å². The second-order valence-corrected chi connectivity index (χ2v) is 5.68. The van der Waals surface area contributed by atoms with E-state index in [0.717, 1.165) is 5.56 Å². The van der Waals surface area contributed by atoms with Crippen LogP contribution in [0.4, 0.5) is 15.8 Å². The molecule has 6 heteroatoms. The van der Waals surface area contributed by atoms with Crippen molar-refractivity contribution >= 4 is 34.0 Å². The van der Waals surface area contributed by atoms with Gasteiger partial charge in [0.1, 0.15) is 5.82 Å². The number of nitrogens with zero attached hydrogens (tertiary/aromatic N) is 3. The van der Waals surface area contributed by atoms with Gasteiger partial charge in [0, 0.05) is 31.5 Å². The molecule has 0 atom stereocenters. The summed E-state index contributed by atoms with van der Waals surface area (Å²) in [5, 5.41) is 8.80. The summed E-state index contributed by atoms with van der Waals surface area (Å²) in [6.07, 6.45) is 3.79. The Balaban J connectivity index is 2.32. The maximum atomic E-state index is 13.8. The fraction of sp³-hybridized carbons (Fsp3) is 0.200. The zero-order chi connectivity index (χ0) is 15.2. The van der Waals surface area contributed by atoms with Gasteiger partial charge in [0.25, 0.3) is 0 Å². The van der Waals surface area contributed by atoms with E-state index in [1.807, 2.05) is 39.6 Å². The lowest BCUT2D eigenvalue weighted by molar-refractivity contribution is 0.619. The molecule has 0 unspecified atom stereocenters. The molecular formula is C15H14FIN4. The summed E-state index contributed by atoms with van der Waals surface area (Å²) >= 11 is 1.91. The van der Waals surface area contributed by atoms with E-state index >= 15 is 0 Å². The lowest BCUT2D eigenvalue weighted by Gasteiger charge is -2.25. The van der Waals surface area contributed by atoms with Crippen LogP contribution in [0.2, 0.25) is 0 Å². The minimum atomic E-state index is -0.312. The van der Waals surface area contributed by atoms with Crippen molar-refractivity contribution in [2.75, 3.05) is 17.2 Å². The molecule has 4 nitrogen and oxygen atoms in total. The number of aromatic nitrogens is 1. The molecule has 108 valence electrons. The highest BCUT2D eigenvalue weighted by atomic mass is 127. The van der Waals surface area contributed by atoms with Crippen LogP contribution in [-0.4, -0.2) is 11.5 Å². The first-order chi connectivity index (χ1) is 10.1. The monoisotopic (exact) mass is 396 g/mol. The standard InChI is InChI=1S/C15H14FIN4/c16-12-7-15(14(19)8-13(12)17)21(6-2-4-18)10-11-3-1-5-20-9-11/h1,3,5,7-9H,2,6,10,19H2. The number of nitrogen functional groups attached to an aromatic ring is 1. The topological polar surface area (TPSA) is 65.9 Å². The molecule has 0 bridgehead atoms. The molecule has 0 saturated carbocycles. The minimum Gasteiger partial charge on any atom is -0.397 e. The molecule has 0 aliphatic carbocycles. The molecule has 1 heterocycles. The van der Waals surface area contributed by atoms with Crippen LogP contribution in [0.1, 0.15) is 12.0 Å². The molecule has 0 aliphatic heterocycles. The fourth-order valence-electron chi connectivity index (χ4n) is 2.01. The van der Waals surface area contributed by atoms with Crippen LogP contribution in [0.25, 0.3) is 0 Å². The first-order valence-corrected chi connectivity index (χ1v) is 7.45. The highest BCUT2D eigenvalue weighted by Crippen LogP contribution is 2.28. The summed E-state index contributed by atoms with van der Waals surface area (Å²) in [4.78, 5) is 5.97. The van der Waals surface area contributed by atoms with Gasteiger partial charge in [0.15, 0.2) is 0 Å². The Kier molecular flexibility index (Phi) is 5.33. The third-order valence-corrected chi connectivity index (χ3v) is 3.83. The number of rotatable bonds is 5. The zero-order valence-corrected chi connectivity index (χ0v) is 13.4. The Morgan fingerprint density at radius 3 is 2.90 bits per heavy atom. The second kappa shape index (κ2) is 7.22. The highest BCUT2D eigenvalue weighted by molar-refractivity contribution is 14.1. The van der Waals surface area contributed by atoms with E-state index < -0.39 is 0 Å². The number of halogens is 2. The van der Waals surface area contributed by atoms with Crippen molar-refractivity contribution in [2.45, 2.75) is 13.0 Å². The fourth-order valence-corrected chi connectivity index (χ4v) is 2.50. The molecule has 0 spiro atoms. The van der Waals surface area contributed by atoms with Crippen molar-refractivity contribution in [1.29, 1.82) is 5.26 Å². The molecule has 2 aromatic rings. The Hall–Kier alpha value is -1.88. The molecule has 2 N–H and O–H groups in total. The largest absolute Gasteiger partial charge is 0.397 e. The minimum absolute atomic E-state index is 0.312. The van der Waals surface area contributed by atoms with E-state index in [2.05, 4.69) is 11.1 Å². The van der Waals surface area contributed by atoms with Crippen LogP contribution < -0.4 is 10.6 Å². The van der Waals surface area contributed by atoms with E-state index in [1.54, 1.807) is 18.5 Å². The van der Waals surface area contributed by atoms with E-state index in [0.29, 0.717) is 34.5 Å². The Morgan fingerprint density at radius 1 is 1.43 bits per heavy atom. The van der Waals surface area contributed by atoms with Crippen molar-refractivity contribution < 1.29 is 4.39 Å². The predicted molar refractivity (Wildman–Crippen MR) is 89.0 cm³/mol. The van der Waals surface area contributed by atoms with Crippen LogP contribution in [0.5, 0.6) is 0 Å². The highest BCUT2D eigenvalue weighted by Gasteiger charge is 2.13. The summed E-state index contributed by atoms with van der Waals surface area (Å²) in [5.41, 5.74) is 8.09. The average Bonchev–Trinajstić information content (AvgIpc) is 2.48. The van der Waals surface area contributed by atoms with Crippen LogP contribution in [-0.2, 0) is 6.54 Å². The third kappa shape index (κ3) is 4.04. The van der Waals surface area contributed by atoms with Gasteiger partial charge in [0.05, 0.1) is 27.4 Å². The van der Waals surface area contributed by atoms with Gasteiger partial charge in [-0.25, -0.2) is 4.39 Å². The average molecular weight is 396 g/mol. The quantitative estimate of drug-likeness (QED) is 0.622. The molecule has 1 aromatic carbocycles. The molecule has 0 amide bonds. The van der Waals surface area contributed by atoms with Crippen LogP contribution in [0.3, 0.4) is 0 Å². The van der Waals surface area contributed by atoms with Crippen molar-refractivity contribution in [3.63, 3.8) is 0 Å². The lowest BCUT2D eigenvalue weighted by atomic mass is 10.2. The van der Waals surface area contributed by atoms with E-state index in [4.69, 9.17) is 11.0 Å². The summed E-state index contributed by atoms with van der Waals surface area (Å²) in [6, 6.07) is 8.91. The maximum Gasteiger partial charge on any atom is 0.138 e. The summed E-state index contributed by atoms with van der Waals surface area (Å²) in [7, 11) is 0. The number of pyridine rings is 1. The Morgan fingerprint density at radius 2 is 2.24 bits per heavy atom. The molecule has 0 aliphatic rings. The van der Waals surface area contributed by atoms with Gasteiger partial charge in [-0.3, -0.25) is 4.98 Å². The van der Waals surface area contributed by atoms with Crippen LogP contribution in [0.15, 0.2) is 36.7 Å². The Bertz CT molecular complexity index is 655. The van der Waals surface area contributed by atoms with Crippen molar-refractivity contribution in [2.24, 2.45) is 0 Å². The van der Waals surface area contributed by atoms with Gasteiger partial charge in [-0.15, -0.1) is 0 Å². The van der Waals surface area contributed by atoms with E-state index in [-0.39, 0.29) is 5.82 Å². The first kappa shape index (κ1) is 15.5. The second-order valence-electron chi connectivity index (χ2n) is 4.52. The predicted octanol–water partition coefficient (Wildman–Crippen LogP) is 3.33. The molecule has 0 saturated heterocycles. The molecule has 2 rings (SSSR count). The van der Waals surface area contributed by atoms with E-state index in [9.17, 15) is 4.39 Å². The number of hydrogen-bond donors (Lipinski definition) is 1. The van der Waals surface area contributed by atoms with Gasteiger partial charge in [-0.2, -0.15) is 5.26 Å². The third-order valence-electron chi connectivity index (χ3n) is 3.00. The number of nitrogens with two attached hydrogens (primary N) is 1. The van der Waals surface area contributed by atoms with Gasteiger partial charge in [-0.05, 0) is 40.3 Å². The van der Waals surface area contributed by atoms with Crippen LogP contribution >= 0.6 is 22.6 Å². The van der Waals surface area contributed by atoms with E-state index in [1.165, 1.54) is 6.07 Å². The summed E-state index contributed by atoms with van der Waals surface area (Å²) in [5.74, 6) is -0.312. The van der Waals surface area contributed by atoms with Crippen molar-refractivity contribution in [1.82, 2.24) is 4.98 Å². The maximum absolute atomic E-state index is 13.8. The normalized spacial score (nSPS) is 10.1. The SMILES string of the molecule is N#CCCN(Cc1cccnc1)c1cc(F)c(I)cc1N. The van der Waals surface area contributed by atoms with Crippen LogP contribution in [0, 0.1) is 20.7 Å². The number of benzene rings is 1. The van der Waals surface area contributed by atoms with Gasteiger partial charge < -0.3 is 10.6 Å². The molecular weight excluding hydrogens is 382 g/mol. The Labute approximate surface area is 136 Å². The van der Waals surface area contributed by atoms with Gasteiger partial charge >= 0.3 is 0 Å². The first-order valence-electron chi connectivity index (χ1n) is 6.37. The zero-order valence-electron chi connectivity index (χ0n) is 11.3. The summed E-state index contributed by atoms with van der Waals surface area (Å²) < 4.78 is 14.3. The number of anilines is 2. The van der Waals surface area contributed by atoms with Crippen molar-refractivity contribution in [3.8, 4) is 6.07 Å². The molecule has 1 aromatic heterocycles.